The number of aromatic nitrogens is 2. The smallest absolute Gasteiger partial charge is 0.136 e. The second-order valence-corrected chi connectivity index (χ2v) is 4.11. The van der Waals surface area contributed by atoms with Crippen molar-refractivity contribution < 1.29 is 0 Å². The van der Waals surface area contributed by atoms with Crippen LogP contribution in [0, 0.1) is 6.92 Å². The Morgan fingerprint density at radius 1 is 1.19 bits per heavy atom. The van der Waals surface area contributed by atoms with Gasteiger partial charge >= 0.3 is 0 Å². The molecule has 0 spiro atoms. The summed E-state index contributed by atoms with van der Waals surface area (Å²) in [6.45, 7) is 7.17. The summed E-state index contributed by atoms with van der Waals surface area (Å²) >= 11 is 0. The molecule has 0 atom stereocenters. The van der Waals surface area contributed by atoms with E-state index in [1.807, 2.05) is 19.0 Å². The van der Waals surface area contributed by atoms with Crippen molar-refractivity contribution in [1.82, 2.24) is 9.97 Å². The van der Waals surface area contributed by atoms with E-state index in [-0.39, 0.29) is 0 Å². The number of rotatable bonds is 5. The van der Waals surface area contributed by atoms with Crippen LogP contribution in [-0.4, -0.2) is 30.6 Å². The van der Waals surface area contributed by atoms with Crippen LogP contribution in [0.2, 0.25) is 0 Å². The zero-order chi connectivity index (χ0) is 12.1. The van der Waals surface area contributed by atoms with Crippen molar-refractivity contribution in [2.24, 2.45) is 0 Å². The molecular formula is C12H22N4. The quantitative estimate of drug-likeness (QED) is 0.829. The molecule has 0 aliphatic carbocycles. The highest BCUT2D eigenvalue weighted by Gasteiger charge is 2.11. The monoisotopic (exact) mass is 222 g/mol. The fourth-order valence-electron chi connectivity index (χ4n) is 1.66. The summed E-state index contributed by atoms with van der Waals surface area (Å²) in [6, 6.07) is 0. The predicted octanol–water partition coefficient (Wildman–Crippen LogP) is 2.24. The van der Waals surface area contributed by atoms with Gasteiger partial charge in [0.25, 0.3) is 0 Å². The van der Waals surface area contributed by atoms with Crippen LogP contribution in [0.15, 0.2) is 0 Å². The van der Waals surface area contributed by atoms with Crippen LogP contribution in [0.4, 0.5) is 11.6 Å². The number of aryl methyl sites for hydroxylation is 1. The molecule has 0 bridgehead atoms. The van der Waals surface area contributed by atoms with Crippen LogP contribution in [0.3, 0.4) is 0 Å². The Balaban J connectivity index is 3.16. The molecule has 0 amide bonds. The normalized spacial score (nSPS) is 10.3. The van der Waals surface area contributed by atoms with Crippen molar-refractivity contribution in [2.75, 3.05) is 30.9 Å². The maximum Gasteiger partial charge on any atom is 0.136 e. The Morgan fingerprint density at radius 3 is 2.38 bits per heavy atom. The van der Waals surface area contributed by atoms with Gasteiger partial charge in [-0.05, 0) is 20.3 Å². The average molecular weight is 222 g/mol. The summed E-state index contributed by atoms with van der Waals surface area (Å²) in [7, 11) is 4.03. The third-order valence-electron chi connectivity index (χ3n) is 2.41. The summed E-state index contributed by atoms with van der Waals surface area (Å²) in [5.41, 5.74) is 1.12. The van der Waals surface area contributed by atoms with Gasteiger partial charge in [0.2, 0.25) is 0 Å². The van der Waals surface area contributed by atoms with Crippen LogP contribution >= 0.6 is 0 Å². The van der Waals surface area contributed by atoms with Crippen LogP contribution in [-0.2, 0) is 6.42 Å². The lowest BCUT2D eigenvalue weighted by atomic mass is 10.2. The summed E-state index contributed by atoms with van der Waals surface area (Å²) in [5.74, 6) is 2.90. The number of nitrogens with zero attached hydrogens (tertiary/aromatic N) is 3. The minimum Gasteiger partial charge on any atom is -0.370 e. The zero-order valence-corrected chi connectivity index (χ0v) is 11.0. The van der Waals surface area contributed by atoms with Crippen LogP contribution in [0.25, 0.3) is 0 Å². The molecule has 0 unspecified atom stereocenters. The first-order chi connectivity index (χ1) is 7.60. The first kappa shape index (κ1) is 12.7. The van der Waals surface area contributed by atoms with E-state index in [1.165, 1.54) is 0 Å². The molecule has 90 valence electrons. The number of nitrogens with one attached hydrogen (secondary N) is 1. The lowest BCUT2D eigenvalue weighted by molar-refractivity contribution is 0.823. The summed E-state index contributed by atoms with van der Waals surface area (Å²) in [5, 5.41) is 3.29. The molecule has 1 aromatic heterocycles. The van der Waals surface area contributed by atoms with E-state index in [2.05, 4.69) is 36.1 Å². The van der Waals surface area contributed by atoms with E-state index in [0.29, 0.717) is 0 Å². The summed E-state index contributed by atoms with van der Waals surface area (Å²) in [4.78, 5) is 11.2. The molecule has 1 N–H and O–H groups in total. The Morgan fingerprint density at radius 2 is 1.88 bits per heavy atom. The molecule has 0 aliphatic rings. The second-order valence-electron chi connectivity index (χ2n) is 4.11. The summed E-state index contributed by atoms with van der Waals surface area (Å²) < 4.78 is 0. The molecule has 0 saturated carbocycles. The van der Waals surface area contributed by atoms with E-state index in [1.54, 1.807) is 0 Å². The highest BCUT2D eigenvalue weighted by Crippen LogP contribution is 2.22. The van der Waals surface area contributed by atoms with Gasteiger partial charge in [-0.2, -0.15) is 0 Å². The molecular weight excluding hydrogens is 200 g/mol. The van der Waals surface area contributed by atoms with Crippen LogP contribution < -0.4 is 10.2 Å². The van der Waals surface area contributed by atoms with Crippen LogP contribution in [0.1, 0.15) is 31.7 Å². The van der Waals surface area contributed by atoms with Crippen molar-refractivity contribution >= 4 is 11.6 Å². The fourth-order valence-corrected chi connectivity index (χ4v) is 1.66. The standard InChI is InChI=1S/C12H22N4/c1-6-8-10-14-11(13-7-2)9(3)12(15-10)16(4)5/h6-8H2,1-5H3,(H,13,14,15). The first-order valence-corrected chi connectivity index (χ1v) is 5.88. The minimum atomic E-state index is 0.885. The van der Waals surface area contributed by atoms with Gasteiger partial charge in [-0.1, -0.05) is 6.92 Å². The summed E-state index contributed by atoms with van der Waals surface area (Å²) in [6.07, 6.45) is 2.00. The molecule has 16 heavy (non-hydrogen) atoms. The van der Waals surface area contributed by atoms with Gasteiger partial charge in [0.05, 0.1) is 0 Å². The van der Waals surface area contributed by atoms with E-state index in [0.717, 1.165) is 42.4 Å². The number of hydrogen-bond donors (Lipinski definition) is 1. The average Bonchev–Trinajstić information content (AvgIpc) is 2.23. The first-order valence-electron chi connectivity index (χ1n) is 5.88. The zero-order valence-electron chi connectivity index (χ0n) is 11.0. The molecule has 1 rings (SSSR count). The van der Waals surface area contributed by atoms with Gasteiger partial charge in [-0.15, -0.1) is 0 Å². The molecule has 1 heterocycles. The third-order valence-corrected chi connectivity index (χ3v) is 2.41. The molecule has 0 radical (unpaired) electrons. The molecule has 4 heteroatoms. The Labute approximate surface area is 98.1 Å². The van der Waals surface area contributed by atoms with Gasteiger partial charge in [0.1, 0.15) is 17.5 Å². The molecule has 0 fully saturated rings. The van der Waals surface area contributed by atoms with Gasteiger partial charge < -0.3 is 10.2 Å². The van der Waals surface area contributed by atoms with Crippen molar-refractivity contribution in [3.8, 4) is 0 Å². The largest absolute Gasteiger partial charge is 0.370 e. The lowest BCUT2D eigenvalue weighted by Gasteiger charge is -2.18. The van der Waals surface area contributed by atoms with Crippen LogP contribution in [0.5, 0.6) is 0 Å². The fraction of sp³-hybridized carbons (Fsp3) is 0.667. The van der Waals surface area contributed by atoms with Gasteiger partial charge in [-0.25, -0.2) is 9.97 Å². The number of hydrogen-bond acceptors (Lipinski definition) is 4. The van der Waals surface area contributed by atoms with E-state index in [9.17, 15) is 0 Å². The molecule has 0 aromatic carbocycles. The highest BCUT2D eigenvalue weighted by molar-refractivity contribution is 5.57. The van der Waals surface area contributed by atoms with E-state index in [4.69, 9.17) is 0 Å². The second kappa shape index (κ2) is 5.68. The maximum atomic E-state index is 4.58. The topological polar surface area (TPSA) is 41.1 Å². The van der Waals surface area contributed by atoms with Gasteiger partial charge in [0, 0.05) is 32.6 Å². The number of anilines is 2. The van der Waals surface area contributed by atoms with Crippen molar-refractivity contribution in [1.29, 1.82) is 0 Å². The predicted molar refractivity (Wildman–Crippen MR) is 69.3 cm³/mol. The highest BCUT2D eigenvalue weighted by atomic mass is 15.2. The minimum absolute atomic E-state index is 0.885. The molecule has 0 aliphatic heterocycles. The Bertz CT molecular complexity index is 347. The third kappa shape index (κ3) is 2.84. The van der Waals surface area contributed by atoms with E-state index >= 15 is 0 Å². The molecule has 1 aromatic rings. The maximum absolute atomic E-state index is 4.58. The molecule has 4 nitrogen and oxygen atoms in total. The van der Waals surface area contributed by atoms with Gasteiger partial charge in [-0.3, -0.25) is 0 Å². The Kier molecular flexibility index (Phi) is 4.52. The van der Waals surface area contributed by atoms with Crippen molar-refractivity contribution in [2.45, 2.75) is 33.6 Å². The Hall–Kier alpha value is -1.32. The van der Waals surface area contributed by atoms with Crippen molar-refractivity contribution in [3.05, 3.63) is 11.4 Å². The SMILES string of the molecule is CCCc1nc(NCC)c(C)c(N(C)C)n1. The van der Waals surface area contributed by atoms with Gasteiger partial charge in [0.15, 0.2) is 0 Å². The molecule has 0 saturated heterocycles. The van der Waals surface area contributed by atoms with E-state index < -0.39 is 0 Å². The van der Waals surface area contributed by atoms with Crippen molar-refractivity contribution in [3.63, 3.8) is 0 Å². The lowest BCUT2D eigenvalue weighted by Crippen LogP contribution is -2.16.